The van der Waals surface area contributed by atoms with Gasteiger partial charge < -0.3 is 5.73 Å². The monoisotopic (exact) mass is 328 g/mol. The highest BCUT2D eigenvalue weighted by Gasteiger charge is 2.15. The van der Waals surface area contributed by atoms with Gasteiger partial charge in [-0.3, -0.25) is 0 Å². The van der Waals surface area contributed by atoms with Gasteiger partial charge in [-0.05, 0) is 18.9 Å². The van der Waals surface area contributed by atoms with E-state index in [2.05, 4.69) is 11.6 Å². The zero-order valence-corrected chi connectivity index (χ0v) is 14.3. The van der Waals surface area contributed by atoms with E-state index in [1.807, 2.05) is 6.92 Å². The standard InChI is InChI=1S/C15H24N2O2S2/c1-3-4-5-6-12(2)17-21(18,19)11-13-7-9-14(10-8-13)15(16)20/h7-10,12,17H,3-6,11H2,1-2H3,(H2,16,20). The fourth-order valence-electron chi connectivity index (χ4n) is 2.09. The highest BCUT2D eigenvalue weighted by molar-refractivity contribution is 7.88. The quantitative estimate of drug-likeness (QED) is 0.540. The SMILES string of the molecule is CCCCCC(C)NS(=O)(=O)Cc1ccc(C(N)=S)cc1. The maximum absolute atomic E-state index is 12.1. The second-order valence-electron chi connectivity index (χ2n) is 5.33. The molecule has 21 heavy (non-hydrogen) atoms. The van der Waals surface area contributed by atoms with Gasteiger partial charge in [-0.1, -0.05) is 62.7 Å². The Morgan fingerprint density at radius 2 is 1.90 bits per heavy atom. The van der Waals surface area contributed by atoms with E-state index in [0.717, 1.165) is 36.8 Å². The Morgan fingerprint density at radius 1 is 1.29 bits per heavy atom. The second-order valence-corrected chi connectivity index (χ2v) is 7.53. The summed E-state index contributed by atoms with van der Waals surface area (Å²) in [6.45, 7) is 4.04. The van der Waals surface area contributed by atoms with Crippen LogP contribution >= 0.6 is 12.2 Å². The van der Waals surface area contributed by atoms with Gasteiger partial charge in [0, 0.05) is 11.6 Å². The van der Waals surface area contributed by atoms with E-state index in [0.29, 0.717) is 4.99 Å². The predicted molar refractivity (Wildman–Crippen MR) is 91.7 cm³/mol. The number of hydrogen-bond acceptors (Lipinski definition) is 3. The zero-order chi connectivity index (χ0) is 15.9. The first kappa shape index (κ1) is 18.1. The second kappa shape index (κ2) is 8.46. The molecule has 1 rings (SSSR count). The largest absolute Gasteiger partial charge is 0.389 e. The molecule has 0 saturated heterocycles. The molecule has 3 N–H and O–H groups in total. The van der Waals surface area contributed by atoms with Crippen molar-refractivity contribution in [1.29, 1.82) is 0 Å². The number of rotatable bonds is 9. The molecule has 6 heteroatoms. The topological polar surface area (TPSA) is 72.2 Å². The van der Waals surface area contributed by atoms with E-state index in [1.165, 1.54) is 0 Å². The minimum atomic E-state index is -3.32. The fraction of sp³-hybridized carbons (Fsp3) is 0.533. The van der Waals surface area contributed by atoms with Gasteiger partial charge in [0.05, 0.1) is 5.75 Å². The Hall–Kier alpha value is -0.980. The lowest BCUT2D eigenvalue weighted by molar-refractivity contribution is 0.526. The predicted octanol–water partition coefficient (Wildman–Crippen LogP) is 2.71. The van der Waals surface area contributed by atoms with Crippen LogP contribution in [0, 0.1) is 0 Å². The molecular weight excluding hydrogens is 304 g/mol. The van der Waals surface area contributed by atoms with Crippen molar-refractivity contribution >= 4 is 27.2 Å². The van der Waals surface area contributed by atoms with E-state index in [9.17, 15) is 8.42 Å². The van der Waals surface area contributed by atoms with E-state index < -0.39 is 10.0 Å². The average Bonchev–Trinajstić information content (AvgIpc) is 2.38. The van der Waals surface area contributed by atoms with Crippen LogP contribution in [-0.4, -0.2) is 19.4 Å². The molecule has 0 aromatic heterocycles. The minimum Gasteiger partial charge on any atom is -0.389 e. The molecule has 1 atom stereocenters. The third-order valence-electron chi connectivity index (χ3n) is 3.22. The van der Waals surface area contributed by atoms with Crippen LogP contribution in [0.5, 0.6) is 0 Å². The van der Waals surface area contributed by atoms with Crippen molar-refractivity contribution in [3.8, 4) is 0 Å². The van der Waals surface area contributed by atoms with Gasteiger partial charge >= 0.3 is 0 Å². The Labute approximate surface area is 133 Å². The number of benzene rings is 1. The van der Waals surface area contributed by atoms with Crippen LogP contribution in [0.3, 0.4) is 0 Å². The van der Waals surface area contributed by atoms with Crippen LogP contribution in [0.1, 0.15) is 50.7 Å². The molecule has 0 aliphatic rings. The third kappa shape index (κ3) is 7.02. The summed E-state index contributed by atoms with van der Waals surface area (Å²) < 4.78 is 26.9. The average molecular weight is 329 g/mol. The Kier molecular flexibility index (Phi) is 7.28. The number of nitrogens with one attached hydrogen (secondary N) is 1. The molecule has 1 aromatic carbocycles. The molecule has 1 unspecified atom stereocenters. The van der Waals surface area contributed by atoms with Crippen LogP contribution in [0.15, 0.2) is 24.3 Å². The van der Waals surface area contributed by atoms with Gasteiger partial charge in [0.1, 0.15) is 4.99 Å². The van der Waals surface area contributed by atoms with Gasteiger partial charge in [-0.25, -0.2) is 13.1 Å². The van der Waals surface area contributed by atoms with E-state index >= 15 is 0 Å². The highest BCUT2D eigenvalue weighted by atomic mass is 32.2. The van der Waals surface area contributed by atoms with Crippen molar-refractivity contribution in [2.45, 2.75) is 51.3 Å². The first-order valence-electron chi connectivity index (χ1n) is 7.23. The van der Waals surface area contributed by atoms with Gasteiger partial charge in [-0.15, -0.1) is 0 Å². The van der Waals surface area contributed by atoms with E-state index in [-0.39, 0.29) is 11.8 Å². The lowest BCUT2D eigenvalue weighted by Gasteiger charge is -2.14. The Morgan fingerprint density at radius 3 is 2.43 bits per heavy atom. The van der Waals surface area contributed by atoms with Crippen LogP contribution in [0.25, 0.3) is 0 Å². The summed E-state index contributed by atoms with van der Waals surface area (Å²) in [5, 5.41) is 0. The summed E-state index contributed by atoms with van der Waals surface area (Å²) in [6.07, 6.45) is 4.18. The zero-order valence-electron chi connectivity index (χ0n) is 12.6. The summed E-state index contributed by atoms with van der Waals surface area (Å²) >= 11 is 4.87. The smallest absolute Gasteiger partial charge is 0.216 e. The molecule has 0 fully saturated rings. The van der Waals surface area contributed by atoms with Crippen LogP contribution in [0.2, 0.25) is 0 Å². The molecule has 0 radical (unpaired) electrons. The molecule has 0 bridgehead atoms. The maximum atomic E-state index is 12.1. The summed E-state index contributed by atoms with van der Waals surface area (Å²) in [5.41, 5.74) is 6.98. The van der Waals surface area contributed by atoms with Crippen molar-refractivity contribution < 1.29 is 8.42 Å². The summed E-state index contributed by atoms with van der Waals surface area (Å²) in [4.78, 5) is 0.312. The minimum absolute atomic E-state index is 0.0251. The number of hydrogen-bond donors (Lipinski definition) is 2. The van der Waals surface area contributed by atoms with Crippen LogP contribution < -0.4 is 10.5 Å². The Bertz CT molecular complexity index is 554. The molecule has 0 amide bonds. The molecule has 4 nitrogen and oxygen atoms in total. The maximum Gasteiger partial charge on any atom is 0.216 e. The number of unbranched alkanes of at least 4 members (excludes halogenated alkanes) is 2. The van der Waals surface area contributed by atoms with Crippen molar-refractivity contribution in [3.63, 3.8) is 0 Å². The van der Waals surface area contributed by atoms with Crippen molar-refractivity contribution in [2.24, 2.45) is 5.73 Å². The lowest BCUT2D eigenvalue weighted by atomic mass is 10.1. The first-order valence-corrected chi connectivity index (χ1v) is 9.29. The number of nitrogens with two attached hydrogens (primary N) is 1. The van der Waals surface area contributed by atoms with Crippen LogP contribution in [-0.2, 0) is 15.8 Å². The Balaban J connectivity index is 2.57. The van der Waals surface area contributed by atoms with E-state index in [1.54, 1.807) is 24.3 Å². The summed E-state index contributed by atoms with van der Waals surface area (Å²) in [5.74, 6) is -0.0251. The lowest BCUT2D eigenvalue weighted by Crippen LogP contribution is -2.33. The van der Waals surface area contributed by atoms with Gasteiger partial charge in [0.2, 0.25) is 10.0 Å². The molecule has 0 heterocycles. The molecule has 0 aliphatic carbocycles. The first-order chi connectivity index (χ1) is 9.84. The van der Waals surface area contributed by atoms with Crippen molar-refractivity contribution in [3.05, 3.63) is 35.4 Å². The van der Waals surface area contributed by atoms with Crippen molar-refractivity contribution in [1.82, 2.24) is 4.72 Å². The molecule has 0 saturated carbocycles. The number of sulfonamides is 1. The number of thiocarbonyl (C=S) groups is 1. The van der Waals surface area contributed by atoms with Gasteiger partial charge in [-0.2, -0.15) is 0 Å². The third-order valence-corrected chi connectivity index (χ3v) is 4.93. The summed E-state index contributed by atoms with van der Waals surface area (Å²) in [6, 6.07) is 6.96. The highest BCUT2D eigenvalue weighted by Crippen LogP contribution is 2.10. The molecular formula is C15H24N2O2S2. The summed E-state index contributed by atoms with van der Waals surface area (Å²) in [7, 11) is -3.32. The normalized spacial score (nSPS) is 13.0. The van der Waals surface area contributed by atoms with Crippen molar-refractivity contribution in [2.75, 3.05) is 0 Å². The van der Waals surface area contributed by atoms with Gasteiger partial charge in [0.25, 0.3) is 0 Å². The molecule has 0 aliphatic heterocycles. The van der Waals surface area contributed by atoms with Crippen LogP contribution in [0.4, 0.5) is 0 Å². The molecule has 118 valence electrons. The van der Waals surface area contributed by atoms with E-state index in [4.69, 9.17) is 18.0 Å². The molecule has 0 spiro atoms. The molecule has 1 aromatic rings. The van der Waals surface area contributed by atoms with Gasteiger partial charge in [0.15, 0.2) is 0 Å². The fourth-order valence-corrected chi connectivity index (χ4v) is 3.67.